The number of rotatable bonds is 37. The molecule has 0 fully saturated rings. The van der Waals surface area contributed by atoms with Crippen molar-refractivity contribution in [3.05, 3.63) is 29.8 Å². The third-order valence-electron chi connectivity index (χ3n) is 11.4. The second-order valence-corrected chi connectivity index (χ2v) is 23.8. The molecule has 0 radical (unpaired) electrons. The van der Waals surface area contributed by atoms with Crippen LogP contribution >= 0.6 is 6.83 Å². The van der Waals surface area contributed by atoms with E-state index in [4.69, 9.17) is 3.97 Å². The maximum absolute atomic E-state index is 14.4. The van der Waals surface area contributed by atoms with Gasteiger partial charge in [-0.25, -0.2) is 0 Å². The van der Waals surface area contributed by atoms with Crippen LogP contribution in [0.4, 0.5) is 0 Å². The van der Waals surface area contributed by atoms with Gasteiger partial charge in [-0.3, -0.25) is 0 Å². The van der Waals surface area contributed by atoms with Gasteiger partial charge in [-0.15, -0.1) is 0 Å². The van der Waals surface area contributed by atoms with Gasteiger partial charge in [0.05, 0.1) is 0 Å². The molecule has 0 N–H and O–H groups in total. The van der Waals surface area contributed by atoms with Crippen LogP contribution in [0.25, 0.3) is 0 Å². The Balaban J connectivity index is 3.26. The summed E-state index contributed by atoms with van der Waals surface area (Å²) in [6.45, 7) is 8.09. The van der Waals surface area contributed by atoms with Gasteiger partial charge in [0, 0.05) is 0 Å². The van der Waals surface area contributed by atoms with Crippen LogP contribution in [0.2, 0.25) is 0 Å². The molecule has 0 bridgehead atoms. The predicted octanol–water partition coefficient (Wildman–Crippen LogP) is 16.0. The van der Waals surface area contributed by atoms with E-state index in [1.807, 2.05) is 19.1 Å². The van der Waals surface area contributed by atoms with E-state index < -0.39 is 16.9 Å². The van der Waals surface area contributed by atoms with E-state index in [2.05, 4.69) is 27.7 Å². The van der Waals surface area contributed by atoms with E-state index in [9.17, 15) is 8.42 Å². The Hall–Kier alpha value is -0.440. The summed E-state index contributed by atoms with van der Waals surface area (Å²) in [5.74, 6) is 0. The summed E-state index contributed by atoms with van der Waals surface area (Å²) in [7, 11) is -3.86. The molecule has 0 aliphatic rings. The molecule has 3 nitrogen and oxygen atoms in total. The van der Waals surface area contributed by atoms with Gasteiger partial charge >= 0.3 is 303 Å². The molecule has 296 valence electrons. The first-order valence-electron chi connectivity index (χ1n) is 22.3. The Bertz CT molecular complexity index is 962. The molecule has 1 rings (SSSR count). The third kappa shape index (κ3) is 21.9. The van der Waals surface area contributed by atoms with Crippen molar-refractivity contribution in [1.29, 1.82) is 0 Å². The minimum absolute atomic E-state index is 0.362. The van der Waals surface area contributed by atoms with Crippen LogP contribution in [0.1, 0.15) is 226 Å². The van der Waals surface area contributed by atoms with Gasteiger partial charge < -0.3 is 0 Å². The van der Waals surface area contributed by atoms with Crippen LogP contribution in [0.5, 0.6) is 0 Å². The molecule has 0 saturated heterocycles. The van der Waals surface area contributed by atoms with E-state index in [-0.39, 0.29) is 0 Å². The van der Waals surface area contributed by atoms with Gasteiger partial charge in [-0.05, 0) is 0 Å². The van der Waals surface area contributed by atoms with Crippen molar-refractivity contribution < 1.29 is 12.4 Å². The van der Waals surface area contributed by atoms with Crippen molar-refractivity contribution in [1.82, 2.24) is 0 Å². The van der Waals surface area contributed by atoms with Gasteiger partial charge in [-0.2, -0.15) is 0 Å². The quantitative estimate of drug-likeness (QED) is 0.0504. The van der Waals surface area contributed by atoms with Crippen molar-refractivity contribution in [2.75, 3.05) is 24.6 Å². The summed E-state index contributed by atoms with van der Waals surface area (Å²) in [5, 5.41) is 0. The SMILES string of the molecule is CCCCCCCCCCCCCCP(CCCCCCCC)(CCCCCCCC)(CCCCCCCC)OS(=O)(=O)c1ccc(C)cc1. The Morgan fingerprint density at radius 1 is 0.400 bits per heavy atom. The van der Waals surface area contributed by atoms with Gasteiger partial charge in [-0.1, -0.05) is 13.3 Å². The maximum atomic E-state index is 14.4. The van der Waals surface area contributed by atoms with Crippen LogP contribution in [0.15, 0.2) is 29.2 Å². The van der Waals surface area contributed by atoms with E-state index in [0.717, 1.165) is 55.9 Å². The zero-order chi connectivity index (χ0) is 36.7. The molecule has 0 aliphatic heterocycles. The number of benzene rings is 1. The first-order chi connectivity index (χ1) is 24.3. The van der Waals surface area contributed by atoms with Gasteiger partial charge in [0.2, 0.25) is 0 Å². The zero-order valence-electron chi connectivity index (χ0n) is 34.4. The Morgan fingerprint density at radius 2 is 0.640 bits per heavy atom. The Morgan fingerprint density at radius 3 is 0.900 bits per heavy atom. The van der Waals surface area contributed by atoms with E-state index in [1.54, 1.807) is 12.1 Å². The van der Waals surface area contributed by atoms with Gasteiger partial charge in [0.1, 0.15) is 0 Å². The molecule has 0 spiro atoms. The monoisotopic (exact) mass is 739 g/mol. The van der Waals surface area contributed by atoms with E-state index in [1.165, 1.54) is 167 Å². The van der Waals surface area contributed by atoms with Crippen molar-refractivity contribution in [3.8, 4) is 0 Å². The summed E-state index contributed by atoms with van der Waals surface area (Å²) < 4.78 is 36.0. The first-order valence-corrected chi connectivity index (χ1v) is 26.6. The van der Waals surface area contributed by atoms with Crippen LogP contribution in [-0.4, -0.2) is 33.1 Å². The molecule has 0 unspecified atom stereocenters. The molecular formula is C45H87O3PS. The van der Waals surface area contributed by atoms with Crippen molar-refractivity contribution in [2.24, 2.45) is 0 Å². The van der Waals surface area contributed by atoms with E-state index in [0.29, 0.717) is 4.90 Å². The molecule has 5 heteroatoms. The zero-order valence-corrected chi connectivity index (χ0v) is 36.1. The molecule has 0 heterocycles. The summed E-state index contributed by atoms with van der Waals surface area (Å²) >= 11 is 0. The van der Waals surface area contributed by atoms with Gasteiger partial charge in [0.15, 0.2) is 0 Å². The third-order valence-corrected chi connectivity index (χ3v) is 20.5. The molecule has 0 atom stereocenters. The van der Waals surface area contributed by atoms with Crippen LogP contribution in [-0.2, 0) is 14.1 Å². The van der Waals surface area contributed by atoms with Crippen molar-refractivity contribution in [2.45, 2.75) is 232 Å². The topological polar surface area (TPSA) is 43.4 Å². The normalized spacial score (nSPS) is 13.1. The summed E-state index contributed by atoms with van der Waals surface area (Å²) in [4.78, 5) is 0.362. The molecule has 0 amide bonds. The molecule has 0 aromatic heterocycles. The van der Waals surface area contributed by atoms with Crippen LogP contribution < -0.4 is 0 Å². The standard InChI is InChI=1S/C45H87O3PS/c1-6-10-14-18-22-23-24-25-26-27-31-35-43-49(40-32-28-19-15-11-7-2,41-33-29-20-16-12-8-3,42-34-30-21-17-13-9-4)48-50(46,47)45-38-36-44(5)37-39-45/h36-39H,6-35,40-43H2,1-5H3. The first kappa shape index (κ1) is 47.6. The average molecular weight is 739 g/mol. The summed E-state index contributed by atoms with van der Waals surface area (Å²) in [6.07, 6.45) is 42.3. The number of hydrogen-bond acceptors (Lipinski definition) is 3. The fourth-order valence-electron chi connectivity index (χ4n) is 8.07. The number of aryl methyl sites for hydroxylation is 1. The molecule has 0 aliphatic carbocycles. The van der Waals surface area contributed by atoms with Gasteiger partial charge in [0.25, 0.3) is 0 Å². The number of hydrogen-bond donors (Lipinski definition) is 0. The fraction of sp³-hybridized carbons (Fsp3) is 0.867. The van der Waals surface area contributed by atoms with E-state index >= 15 is 0 Å². The van der Waals surface area contributed by atoms with Crippen LogP contribution in [0.3, 0.4) is 0 Å². The fourth-order valence-corrected chi connectivity index (χ4v) is 17.7. The second-order valence-electron chi connectivity index (χ2n) is 16.3. The summed E-state index contributed by atoms with van der Waals surface area (Å²) in [6, 6.07) is 7.46. The van der Waals surface area contributed by atoms with Crippen molar-refractivity contribution >= 4 is 16.9 Å². The molecule has 0 saturated carbocycles. The molecule has 1 aromatic carbocycles. The molecular weight excluding hydrogens is 652 g/mol. The Labute approximate surface area is 314 Å². The molecule has 50 heavy (non-hydrogen) atoms. The predicted molar refractivity (Wildman–Crippen MR) is 227 cm³/mol. The summed E-state index contributed by atoms with van der Waals surface area (Å²) in [5.41, 5.74) is 1.09. The molecule has 1 aromatic rings. The average Bonchev–Trinajstić information content (AvgIpc) is 3.10. The second kappa shape index (κ2) is 29.9. The van der Waals surface area contributed by atoms with Crippen LogP contribution in [0, 0.1) is 6.92 Å². The minimum atomic E-state index is -3.86. The van der Waals surface area contributed by atoms with Crippen molar-refractivity contribution in [3.63, 3.8) is 0 Å². The Kier molecular flexibility index (Phi) is 28.5. The number of unbranched alkanes of at least 4 members (excludes halogenated alkanes) is 26.